The summed E-state index contributed by atoms with van der Waals surface area (Å²) in [7, 11) is 0. The van der Waals surface area contributed by atoms with Gasteiger partial charge in [-0.15, -0.1) is 0 Å². The second-order valence-corrected chi connectivity index (χ2v) is 4.45. The predicted molar refractivity (Wildman–Crippen MR) is 74.5 cm³/mol. The van der Waals surface area contributed by atoms with Crippen molar-refractivity contribution >= 4 is 23.2 Å². The second kappa shape index (κ2) is 5.24. The quantitative estimate of drug-likeness (QED) is 0.831. The Bertz CT molecular complexity index is 718. The summed E-state index contributed by atoms with van der Waals surface area (Å²) < 4.78 is 18.9. The Kier molecular flexibility index (Phi) is 3.27. The molecule has 2 aromatic rings. The molecule has 0 fully saturated rings. The average molecular weight is 286 g/mol. The van der Waals surface area contributed by atoms with Crippen molar-refractivity contribution in [1.29, 1.82) is 0 Å². The third kappa shape index (κ3) is 2.55. The average Bonchev–Trinajstić information content (AvgIpc) is 2.49. The Labute approximate surface area is 119 Å². The van der Waals surface area contributed by atoms with Gasteiger partial charge in [-0.1, -0.05) is 24.3 Å². The van der Waals surface area contributed by atoms with Gasteiger partial charge in [0.15, 0.2) is 0 Å². The maximum absolute atomic E-state index is 13.5. The summed E-state index contributed by atoms with van der Waals surface area (Å²) in [4.78, 5) is 24.0. The Morgan fingerprint density at radius 1 is 1.14 bits per heavy atom. The van der Waals surface area contributed by atoms with Gasteiger partial charge in [0.25, 0.3) is 17.9 Å². The molecule has 0 unspecified atom stereocenters. The molecule has 21 heavy (non-hydrogen) atoms. The molecule has 0 aliphatic carbocycles. The monoisotopic (exact) mass is 286 g/mol. The number of fused-ring (bicyclic) bond motifs is 1. The fourth-order valence-electron chi connectivity index (χ4n) is 1.98. The van der Waals surface area contributed by atoms with Crippen LogP contribution in [0.15, 0.2) is 48.5 Å². The lowest BCUT2D eigenvalue weighted by atomic mass is 10.2. The Morgan fingerprint density at radius 2 is 1.86 bits per heavy atom. The molecule has 0 saturated carbocycles. The highest BCUT2D eigenvalue weighted by atomic mass is 19.1. The molecule has 0 radical (unpaired) electrons. The first-order valence-corrected chi connectivity index (χ1v) is 6.27. The fourth-order valence-corrected chi connectivity index (χ4v) is 1.98. The van der Waals surface area contributed by atoms with Gasteiger partial charge in [-0.05, 0) is 24.3 Å². The lowest BCUT2D eigenvalue weighted by molar-refractivity contribution is -0.133. The number of halogens is 1. The van der Waals surface area contributed by atoms with E-state index in [0.717, 1.165) is 0 Å². The molecule has 3 rings (SSSR count). The Balaban J connectivity index is 1.80. The molecule has 1 atom stereocenters. The maximum Gasteiger partial charge on any atom is 0.275 e. The molecule has 6 heteroatoms. The molecule has 0 saturated heterocycles. The minimum Gasteiger partial charge on any atom is -0.468 e. The first kappa shape index (κ1) is 13.1. The minimum atomic E-state index is -1.36. The van der Waals surface area contributed by atoms with Crippen molar-refractivity contribution in [3.8, 4) is 5.75 Å². The van der Waals surface area contributed by atoms with Crippen LogP contribution >= 0.6 is 0 Å². The molecule has 1 aliphatic heterocycles. The molecule has 2 amide bonds. The number of nitrogens with one attached hydrogen (secondary N) is 2. The molecule has 5 nitrogen and oxygen atoms in total. The molecule has 0 bridgehead atoms. The van der Waals surface area contributed by atoms with Crippen molar-refractivity contribution in [2.75, 3.05) is 10.6 Å². The van der Waals surface area contributed by atoms with E-state index in [4.69, 9.17) is 4.74 Å². The molecule has 0 spiro atoms. The number of ether oxygens (including phenoxy) is 1. The number of carbonyl (C=O) groups is 2. The predicted octanol–water partition coefficient (Wildman–Crippen LogP) is 2.16. The number of carbonyl (C=O) groups excluding carboxylic acids is 2. The van der Waals surface area contributed by atoms with Crippen LogP contribution in [0.3, 0.4) is 0 Å². The summed E-state index contributed by atoms with van der Waals surface area (Å²) >= 11 is 0. The van der Waals surface area contributed by atoms with E-state index in [1.807, 2.05) is 0 Å². The van der Waals surface area contributed by atoms with Gasteiger partial charge < -0.3 is 15.4 Å². The third-order valence-corrected chi connectivity index (χ3v) is 3.00. The van der Waals surface area contributed by atoms with E-state index < -0.39 is 23.7 Å². The standard InChI is InChI=1S/C15H11FN2O3/c16-9-5-1-2-6-10(9)17-14(19)13-15(20)18-11-7-3-4-8-12(11)21-13/h1-8,13H,(H,17,19)(H,18,20)/t13-/m0/s1. The maximum atomic E-state index is 13.5. The van der Waals surface area contributed by atoms with Crippen LogP contribution in [0.4, 0.5) is 15.8 Å². The van der Waals surface area contributed by atoms with Gasteiger partial charge >= 0.3 is 0 Å². The van der Waals surface area contributed by atoms with E-state index >= 15 is 0 Å². The van der Waals surface area contributed by atoms with Crippen molar-refractivity contribution in [2.45, 2.75) is 6.10 Å². The summed E-state index contributed by atoms with van der Waals surface area (Å²) in [5.41, 5.74) is 0.496. The number of hydrogen-bond donors (Lipinski definition) is 2. The molecular weight excluding hydrogens is 275 g/mol. The van der Waals surface area contributed by atoms with Crippen molar-refractivity contribution < 1.29 is 18.7 Å². The molecule has 1 heterocycles. The van der Waals surface area contributed by atoms with Crippen LogP contribution < -0.4 is 15.4 Å². The molecular formula is C15H11FN2O3. The summed E-state index contributed by atoms with van der Waals surface area (Å²) in [6.45, 7) is 0. The Morgan fingerprint density at radius 3 is 2.67 bits per heavy atom. The van der Waals surface area contributed by atoms with Crippen molar-refractivity contribution in [3.63, 3.8) is 0 Å². The van der Waals surface area contributed by atoms with Crippen molar-refractivity contribution in [1.82, 2.24) is 0 Å². The number of anilines is 2. The van der Waals surface area contributed by atoms with Gasteiger partial charge in [-0.3, -0.25) is 9.59 Å². The van der Waals surface area contributed by atoms with Crippen LogP contribution in [0, 0.1) is 5.82 Å². The van der Waals surface area contributed by atoms with Gasteiger partial charge in [-0.2, -0.15) is 0 Å². The summed E-state index contributed by atoms with van der Waals surface area (Å²) in [6, 6.07) is 12.5. The van der Waals surface area contributed by atoms with Crippen LogP contribution in [-0.2, 0) is 9.59 Å². The van der Waals surface area contributed by atoms with E-state index in [0.29, 0.717) is 11.4 Å². The molecule has 2 N–H and O–H groups in total. The fraction of sp³-hybridized carbons (Fsp3) is 0.0667. The molecule has 1 aliphatic rings. The summed E-state index contributed by atoms with van der Waals surface area (Å²) in [5.74, 6) is -1.51. The van der Waals surface area contributed by atoms with Crippen LogP contribution in [-0.4, -0.2) is 17.9 Å². The lowest BCUT2D eigenvalue weighted by Gasteiger charge is -2.24. The smallest absolute Gasteiger partial charge is 0.275 e. The first-order valence-electron chi connectivity index (χ1n) is 6.27. The first-order chi connectivity index (χ1) is 10.1. The van der Waals surface area contributed by atoms with Crippen LogP contribution in [0.5, 0.6) is 5.75 Å². The SMILES string of the molecule is O=C(Nc1ccccc1F)[C@@H]1Oc2ccccc2NC1=O. The molecule has 2 aromatic carbocycles. The zero-order valence-corrected chi connectivity index (χ0v) is 10.8. The molecule has 0 aromatic heterocycles. The third-order valence-electron chi connectivity index (χ3n) is 3.00. The van der Waals surface area contributed by atoms with E-state index in [9.17, 15) is 14.0 Å². The highest BCUT2D eigenvalue weighted by molar-refractivity contribution is 6.15. The zero-order valence-electron chi connectivity index (χ0n) is 10.8. The molecule has 106 valence electrons. The van der Waals surface area contributed by atoms with E-state index in [1.54, 1.807) is 30.3 Å². The highest BCUT2D eigenvalue weighted by Gasteiger charge is 2.34. The summed E-state index contributed by atoms with van der Waals surface area (Å²) in [6.07, 6.45) is -1.36. The van der Waals surface area contributed by atoms with Crippen LogP contribution in [0.25, 0.3) is 0 Å². The van der Waals surface area contributed by atoms with E-state index in [-0.39, 0.29) is 5.69 Å². The van der Waals surface area contributed by atoms with Gasteiger partial charge in [0, 0.05) is 0 Å². The van der Waals surface area contributed by atoms with Gasteiger partial charge in [0.2, 0.25) is 0 Å². The van der Waals surface area contributed by atoms with Crippen molar-refractivity contribution in [3.05, 3.63) is 54.3 Å². The minimum absolute atomic E-state index is 0.00208. The van der Waals surface area contributed by atoms with Gasteiger partial charge in [0.05, 0.1) is 11.4 Å². The number of hydrogen-bond acceptors (Lipinski definition) is 3. The largest absolute Gasteiger partial charge is 0.468 e. The zero-order chi connectivity index (χ0) is 14.8. The topological polar surface area (TPSA) is 67.4 Å². The van der Waals surface area contributed by atoms with Crippen molar-refractivity contribution in [2.24, 2.45) is 0 Å². The lowest BCUT2D eigenvalue weighted by Crippen LogP contribution is -2.45. The van der Waals surface area contributed by atoms with Crippen LogP contribution in [0.1, 0.15) is 0 Å². The highest BCUT2D eigenvalue weighted by Crippen LogP contribution is 2.29. The van der Waals surface area contributed by atoms with E-state index in [1.165, 1.54) is 18.2 Å². The Hall–Kier alpha value is -2.89. The summed E-state index contributed by atoms with van der Waals surface area (Å²) in [5, 5.41) is 4.91. The number of rotatable bonds is 2. The number of para-hydroxylation sites is 3. The number of benzene rings is 2. The van der Waals surface area contributed by atoms with E-state index in [2.05, 4.69) is 10.6 Å². The second-order valence-electron chi connectivity index (χ2n) is 4.45. The van der Waals surface area contributed by atoms with Crippen LogP contribution in [0.2, 0.25) is 0 Å². The number of amides is 2. The van der Waals surface area contributed by atoms with Gasteiger partial charge in [-0.25, -0.2) is 4.39 Å². The van der Waals surface area contributed by atoms with Gasteiger partial charge in [0.1, 0.15) is 11.6 Å². The normalized spacial score (nSPS) is 16.4.